The molecule has 51 heavy (non-hydrogen) atoms. The van der Waals surface area contributed by atoms with Crippen LogP contribution in [0.4, 0.5) is 0 Å². The van der Waals surface area contributed by atoms with E-state index in [1.54, 1.807) is 0 Å². The lowest BCUT2D eigenvalue weighted by atomic mass is 10.00. The average molecular weight is 652 g/mol. The number of para-hydroxylation sites is 1. The van der Waals surface area contributed by atoms with Crippen molar-refractivity contribution in [1.82, 2.24) is 15.0 Å². The Kier molecular flexibility index (Phi) is 6.78. The molecule has 4 nitrogen and oxygen atoms in total. The van der Waals surface area contributed by atoms with Crippen LogP contribution >= 0.6 is 0 Å². The molecule has 10 rings (SSSR count). The van der Waals surface area contributed by atoms with Gasteiger partial charge in [-0.05, 0) is 68.1 Å². The summed E-state index contributed by atoms with van der Waals surface area (Å²) in [7, 11) is 0. The maximum Gasteiger partial charge on any atom is 0.164 e. The maximum absolute atomic E-state index is 6.06. The van der Waals surface area contributed by atoms with Crippen molar-refractivity contribution in [2.45, 2.75) is 0 Å². The van der Waals surface area contributed by atoms with E-state index in [0.717, 1.165) is 66.1 Å². The Hall–Kier alpha value is -6.91. The zero-order valence-electron chi connectivity index (χ0n) is 27.5. The van der Waals surface area contributed by atoms with Crippen molar-refractivity contribution in [3.05, 3.63) is 176 Å². The van der Waals surface area contributed by atoms with E-state index in [-0.39, 0.29) is 0 Å². The molecule has 0 unspecified atom stereocenters. The summed E-state index contributed by atoms with van der Waals surface area (Å²) in [5, 5.41) is 6.94. The lowest BCUT2D eigenvalue weighted by Gasteiger charge is -2.11. The predicted molar refractivity (Wildman–Crippen MR) is 209 cm³/mol. The highest BCUT2D eigenvalue weighted by Crippen LogP contribution is 2.34. The van der Waals surface area contributed by atoms with Gasteiger partial charge in [0.05, 0.1) is 0 Å². The van der Waals surface area contributed by atoms with Crippen LogP contribution < -0.4 is 0 Å². The van der Waals surface area contributed by atoms with E-state index in [9.17, 15) is 0 Å². The van der Waals surface area contributed by atoms with Crippen LogP contribution in [0.3, 0.4) is 0 Å². The number of hydrogen-bond donors (Lipinski definition) is 0. The fraction of sp³-hybridized carbons (Fsp3) is 0. The lowest BCUT2D eigenvalue weighted by molar-refractivity contribution is 0.669. The fourth-order valence-corrected chi connectivity index (χ4v) is 7.07. The summed E-state index contributed by atoms with van der Waals surface area (Å²) in [6.07, 6.45) is 0. The Morgan fingerprint density at radius 3 is 1.55 bits per heavy atom. The fourth-order valence-electron chi connectivity index (χ4n) is 7.07. The van der Waals surface area contributed by atoms with E-state index >= 15 is 0 Å². The summed E-state index contributed by atoms with van der Waals surface area (Å²) >= 11 is 0. The van der Waals surface area contributed by atoms with Gasteiger partial charge in [0.2, 0.25) is 0 Å². The predicted octanol–water partition coefficient (Wildman–Crippen LogP) is 12.4. The molecule has 2 aromatic heterocycles. The molecule has 0 bridgehead atoms. The molecule has 0 radical (unpaired) electrons. The van der Waals surface area contributed by atoms with Gasteiger partial charge in [0.1, 0.15) is 11.2 Å². The molecule has 0 aliphatic heterocycles. The number of hydrogen-bond acceptors (Lipinski definition) is 4. The van der Waals surface area contributed by atoms with Crippen LogP contribution in [0.2, 0.25) is 0 Å². The molecular formula is C47H29N3O. The van der Waals surface area contributed by atoms with Gasteiger partial charge in [-0.25, -0.2) is 15.0 Å². The minimum absolute atomic E-state index is 0.629. The Morgan fingerprint density at radius 1 is 0.294 bits per heavy atom. The molecule has 2 heterocycles. The zero-order chi connectivity index (χ0) is 33.7. The minimum Gasteiger partial charge on any atom is -0.456 e. The SMILES string of the molecule is c1ccc2cc(-c3ccc(-c4nc(-c5ccc(-c6ccc7oc8ccccc8c7c6)cc5)nc(-c5cccc6ccccc56)n4)cc3)ccc2c1. The largest absolute Gasteiger partial charge is 0.456 e. The quantitative estimate of drug-likeness (QED) is 0.186. The molecule has 0 amide bonds. The van der Waals surface area contributed by atoms with Crippen LogP contribution in [0.1, 0.15) is 0 Å². The second-order valence-corrected chi connectivity index (χ2v) is 12.9. The van der Waals surface area contributed by atoms with Crippen LogP contribution in [-0.4, -0.2) is 15.0 Å². The van der Waals surface area contributed by atoms with Gasteiger partial charge in [0.25, 0.3) is 0 Å². The van der Waals surface area contributed by atoms with Crippen molar-refractivity contribution in [3.8, 4) is 56.4 Å². The molecule has 10 aromatic rings. The van der Waals surface area contributed by atoms with E-state index in [1.165, 1.54) is 16.3 Å². The summed E-state index contributed by atoms with van der Waals surface area (Å²) in [5.74, 6) is 1.91. The number of rotatable bonds is 5. The molecule has 4 heteroatoms. The van der Waals surface area contributed by atoms with Gasteiger partial charge >= 0.3 is 0 Å². The van der Waals surface area contributed by atoms with E-state index in [1.807, 2.05) is 18.2 Å². The van der Waals surface area contributed by atoms with Gasteiger partial charge in [-0.3, -0.25) is 0 Å². The molecule has 0 saturated heterocycles. The van der Waals surface area contributed by atoms with Crippen molar-refractivity contribution >= 4 is 43.5 Å². The third-order valence-electron chi connectivity index (χ3n) is 9.74. The summed E-state index contributed by atoms with van der Waals surface area (Å²) < 4.78 is 6.06. The smallest absolute Gasteiger partial charge is 0.164 e. The third kappa shape index (κ3) is 5.22. The summed E-state index contributed by atoms with van der Waals surface area (Å²) in [6, 6.07) is 61.2. The van der Waals surface area contributed by atoms with E-state index < -0.39 is 0 Å². The first-order chi connectivity index (χ1) is 25.2. The van der Waals surface area contributed by atoms with Gasteiger partial charge in [0.15, 0.2) is 17.5 Å². The summed E-state index contributed by atoms with van der Waals surface area (Å²) in [5.41, 5.74) is 9.17. The Bertz CT molecular complexity index is 2900. The lowest BCUT2D eigenvalue weighted by Crippen LogP contribution is -2.00. The Morgan fingerprint density at radius 2 is 0.804 bits per heavy atom. The first-order valence-corrected chi connectivity index (χ1v) is 17.1. The van der Waals surface area contributed by atoms with Crippen molar-refractivity contribution in [2.24, 2.45) is 0 Å². The van der Waals surface area contributed by atoms with Crippen molar-refractivity contribution in [2.75, 3.05) is 0 Å². The van der Waals surface area contributed by atoms with Crippen LogP contribution in [0, 0.1) is 0 Å². The van der Waals surface area contributed by atoms with Crippen molar-refractivity contribution in [1.29, 1.82) is 0 Å². The van der Waals surface area contributed by atoms with E-state index in [0.29, 0.717) is 17.5 Å². The zero-order valence-corrected chi connectivity index (χ0v) is 27.5. The first kappa shape index (κ1) is 29.0. The van der Waals surface area contributed by atoms with Crippen LogP contribution in [0.5, 0.6) is 0 Å². The standard InChI is InChI=1S/C47H29N3O/c1-2-10-36-28-37(25-20-30(36)8-1)31-16-21-34(22-17-31)45-48-46(50-47(49-45)41-14-7-11-33-9-3-4-12-39(33)41)35-23-18-32(19-24-35)38-26-27-44-42(29-38)40-13-5-6-15-43(40)51-44/h1-29H. The maximum atomic E-state index is 6.06. The molecule has 0 spiro atoms. The minimum atomic E-state index is 0.629. The molecule has 0 fully saturated rings. The molecule has 238 valence electrons. The number of fused-ring (bicyclic) bond motifs is 5. The molecule has 0 aliphatic rings. The van der Waals surface area contributed by atoms with Crippen LogP contribution in [0.15, 0.2) is 180 Å². The highest BCUT2D eigenvalue weighted by molar-refractivity contribution is 6.06. The second kappa shape index (κ2) is 11.9. The van der Waals surface area contributed by atoms with E-state index in [4.69, 9.17) is 19.4 Å². The van der Waals surface area contributed by atoms with Crippen molar-refractivity contribution < 1.29 is 4.42 Å². The Balaban J connectivity index is 1.06. The normalized spacial score (nSPS) is 11.5. The topological polar surface area (TPSA) is 51.8 Å². The van der Waals surface area contributed by atoms with Gasteiger partial charge in [0, 0.05) is 27.5 Å². The highest BCUT2D eigenvalue weighted by atomic mass is 16.3. The molecule has 0 N–H and O–H groups in total. The molecular weight excluding hydrogens is 623 g/mol. The highest BCUT2D eigenvalue weighted by Gasteiger charge is 2.15. The number of benzene rings is 8. The third-order valence-corrected chi connectivity index (χ3v) is 9.74. The monoisotopic (exact) mass is 651 g/mol. The molecule has 0 aliphatic carbocycles. The number of nitrogens with zero attached hydrogens (tertiary/aromatic N) is 3. The van der Waals surface area contributed by atoms with Crippen molar-refractivity contribution in [3.63, 3.8) is 0 Å². The molecule has 8 aromatic carbocycles. The van der Waals surface area contributed by atoms with Gasteiger partial charge in [-0.1, -0.05) is 152 Å². The van der Waals surface area contributed by atoms with Gasteiger partial charge in [-0.15, -0.1) is 0 Å². The summed E-state index contributed by atoms with van der Waals surface area (Å²) in [6.45, 7) is 0. The van der Waals surface area contributed by atoms with E-state index in [2.05, 4.69) is 158 Å². The number of furan rings is 1. The molecule has 0 saturated carbocycles. The van der Waals surface area contributed by atoms with Crippen LogP contribution in [0.25, 0.3) is 99.9 Å². The Labute approximate surface area is 294 Å². The van der Waals surface area contributed by atoms with Crippen LogP contribution in [-0.2, 0) is 0 Å². The van der Waals surface area contributed by atoms with Gasteiger partial charge in [-0.2, -0.15) is 0 Å². The van der Waals surface area contributed by atoms with Gasteiger partial charge < -0.3 is 4.42 Å². The summed E-state index contributed by atoms with van der Waals surface area (Å²) in [4.78, 5) is 15.2. The second-order valence-electron chi connectivity index (χ2n) is 12.9. The average Bonchev–Trinajstić information content (AvgIpc) is 3.58. The molecule has 0 atom stereocenters. The first-order valence-electron chi connectivity index (χ1n) is 17.1. The number of aromatic nitrogens is 3.